The van der Waals surface area contributed by atoms with Crippen LogP contribution < -0.4 is 10.6 Å². The lowest BCUT2D eigenvalue weighted by molar-refractivity contribution is -0.128. The van der Waals surface area contributed by atoms with Gasteiger partial charge in [-0.15, -0.1) is 0 Å². The molecule has 0 aromatic heterocycles. The molecule has 4 nitrogen and oxygen atoms in total. The summed E-state index contributed by atoms with van der Waals surface area (Å²) in [6, 6.07) is 14.1. The van der Waals surface area contributed by atoms with Crippen molar-refractivity contribution >= 4 is 17.5 Å². The van der Waals surface area contributed by atoms with Gasteiger partial charge >= 0.3 is 0 Å². The number of nitrogens with one attached hydrogen (secondary N) is 2. The van der Waals surface area contributed by atoms with Crippen LogP contribution in [-0.2, 0) is 16.1 Å². The first-order valence-corrected chi connectivity index (χ1v) is 10.1. The van der Waals surface area contributed by atoms with Gasteiger partial charge in [0.15, 0.2) is 0 Å². The molecular formula is C24H30N2O2. The van der Waals surface area contributed by atoms with E-state index in [1.807, 2.05) is 50.2 Å². The molecular weight excluding hydrogens is 348 g/mol. The Morgan fingerprint density at radius 3 is 1.93 bits per heavy atom. The Balaban J connectivity index is 1.49. The smallest absolute Gasteiger partial charge is 0.227 e. The zero-order valence-corrected chi connectivity index (χ0v) is 17.0. The highest BCUT2D eigenvalue weighted by Crippen LogP contribution is 2.31. The number of rotatable bonds is 5. The van der Waals surface area contributed by atoms with Crippen LogP contribution in [0.2, 0.25) is 0 Å². The molecule has 1 saturated carbocycles. The van der Waals surface area contributed by atoms with E-state index in [1.54, 1.807) is 0 Å². The number of carbonyl (C=O) groups is 2. The summed E-state index contributed by atoms with van der Waals surface area (Å²) in [6.07, 6.45) is 3.06. The van der Waals surface area contributed by atoms with Gasteiger partial charge in [-0.3, -0.25) is 9.59 Å². The standard InChI is InChI=1S/C24H30N2O2/c1-16-7-4-5-10-21(16)15-25-23(27)19-11-13-20(14-12-19)24(28)26-22-17(2)8-6-9-18(22)3/h4-10,19-20H,11-15H2,1-3H3,(H,25,27)(H,26,28). The number of anilines is 1. The van der Waals surface area contributed by atoms with Gasteiger partial charge in [0.25, 0.3) is 0 Å². The number of amides is 2. The molecule has 1 aliphatic carbocycles. The van der Waals surface area contributed by atoms with Crippen molar-refractivity contribution in [1.82, 2.24) is 5.32 Å². The Labute approximate surface area is 167 Å². The van der Waals surface area contributed by atoms with E-state index < -0.39 is 0 Å². The van der Waals surface area contributed by atoms with E-state index >= 15 is 0 Å². The van der Waals surface area contributed by atoms with Gasteiger partial charge in [-0.05, 0) is 68.7 Å². The zero-order chi connectivity index (χ0) is 20.1. The van der Waals surface area contributed by atoms with Crippen molar-refractivity contribution in [1.29, 1.82) is 0 Å². The molecule has 3 rings (SSSR count). The van der Waals surface area contributed by atoms with Crippen molar-refractivity contribution in [2.45, 2.75) is 53.0 Å². The number of aryl methyl sites for hydroxylation is 3. The Morgan fingerprint density at radius 1 is 0.786 bits per heavy atom. The number of carbonyl (C=O) groups excluding carboxylic acids is 2. The highest BCUT2D eigenvalue weighted by atomic mass is 16.2. The Kier molecular flexibility index (Phi) is 6.50. The highest BCUT2D eigenvalue weighted by Gasteiger charge is 2.30. The summed E-state index contributed by atoms with van der Waals surface area (Å²) in [5.74, 6) is 0.181. The molecule has 0 aliphatic heterocycles. The van der Waals surface area contributed by atoms with E-state index in [2.05, 4.69) is 23.6 Å². The monoisotopic (exact) mass is 378 g/mol. The topological polar surface area (TPSA) is 58.2 Å². The molecule has 2 amide bonds. The second-order valence-electron chi connectivity index (χ2n) is 7.95. The van der Waals surface area contributed by atoms with Crippen LogP contribution >= 0.6 is 0 Å². The minimum atomic E-state index is -0.0144. The molecule has 0 saturated heterocycles. The van der Waals surface area contributed by atoms with Crippen molar-refractivity contribution in [3.05, 3.63) is 64.7 Å². The minimum absolute atomic E-state index is 0.00765. The fraction of sp³-hybridized carbons (Fsp3) is 0.417. The average molecular weight is 379 g/mol. The van der Waals surface area contributed by atoms with E-state index in [9.17, 15) is 9.59 Å². The Morgan fingerprint density at radius 2 is 1.32 bits per heavy atom. The maximum absolute atomic E-state index is 12.7. The number of para-hydroxylation sites is 1. The van der Waals surface area contributed by atoms with E-state index in [-0.39, 0.29) is 23.7 Å². The summed E-state index contributed by atoms with van der Waals surface area (Å²) in [5.41, 5.74) is 5.42. The number of hydrogen-bond acceptors (Lipinski definition) is 2. The average Bonchev–Trinajstić information content (AvgIpc) is 2.70. The fourth-order valence-corrected chi connectivity index (χ4v) is 3.99. The molecule has 0 unspecified atom stereocenters. The van der Waals surface area contributed by atoms with E-state index in [4.69, 9.17) is 0 Å². The molecule has 0 atom stereocenters. The molecule has 1 aliphatic rings. The highest BCUT2D eigenvalue weighted by molar-refractivity contribution is 5.94. The van der Waals surface area contributed by atoms with Gasteiger partial charge in [-0.1, -0.05) is 42.5 Å². The molecule has 0 bridgehead atoms. The van der Waals surface area contributed by atoms with Gasteiger partial charge in [-0.25, -0.2) is 0 Å². The van der Waals surface area contributed by atoms with Crippen molar-refractivity contribution in [3.63, 3.8) is 0 Å². The molecule has 0 radical (unpaired) electrons. The molecule has 2 aromatic rings. The zero-order valence-electron chi connectivity index (χ0n) is 17.0. The van der Waals surface area contributed by atoms with Crippen molar-refractivity contribution in [2.24, 2.45) is 11.8 Å². The third kappa shape index (κ3) is 4.80. The molecule has 0 spiro atoms. The second kappa shape index (κ2) is 9.05. The summed E-state index contributed by atoms with van der Waals surface area (Å²) in [6.45, 7) is 6.65. The predicted molar refractivity (Wildman–Crippen MR) is 113 cm³/mol. The van der Waals surface area contributed by atoms with Crippen LogP contribution in [0.25, 0.3) is 0 Å². The van der Waals surface area contributed by atoms with Gasteiger partial charge in [0.05, 0.1) is 0 Å². The molecule has 1 fully saturated rings. The third-order valence-electron chi connectivity index (χ3n) is 5.91. The van der Waals surface area contributed by atoms with E-state index in [0.717, 1.165) is 48.1 Å². The van der Waals surface area contributed by atoms with Crippen molar-refractivity contribution in [3.8, 4) is 0 Å². The molecule has 2 aromatic carbocycles. The number of hydrogen-bond donors (Lipinski definition) is 2. The molecule has 2 N–H and O–H groups in total. The second-order valence-corrected chi connectivity index (χ2v) is 7.95. The summed E-state index contributed by atoms with van der Waals surface area (Å²) in [5, 5.41) is 6.17. The summed E-state index contributed by atoms with van der Waals surface area (Å²) in [4.78, 5) is 25.2. The third-order valence-corrected chi connectivity index (χ3v) is 5.91. The summed E-state index contributed by atoms with van der Waals surface area (Å²) < 4.78 is 0. The van der Waals surface area contributed by atoms with Crippen LogP contribution in [-0.4, -0.2) is 11.8 Å². The maximum atomic E-state index is 12.7. The van der Waals surface area contributed by atoms with Crippen LogP contribution in [0.4, 0.5) is 5.69 Å². The first-order chi connectivity index (χ1) is 13.5. The Hall–Kier alpha value is -2.62. The molecule has 4 heteroatoms. The summed E-state index contributed by atoms with van der Waals surface area (Å²) >= 11 is 0. The molecule has 28 heavy (non-hydrogen) atoms. The first kappa shape index (κ1) is 20.1. The van der Waals surface area contributed by atoms with Gasteiger partial charge in [0.2, 0.25) is 11.8 Å². The van der Waals surface area contributed by atoms with Crippen molar-refractivity contribution in [2.75, 3.05) is 5.32 Å². The Bertz CT molecular complexity index is 831. The van der Waals surface area contributed by atoms with Crippen LogP contribution in [0, 0.1) is 32.6 Å². The maximum Gasteiger partial charge on any atom is 0.227 e. The van der Waals surface area contributed by atoms with Gasteiger partial charge in [0, 0.05) is 24.1 Å². The SMILES string of the molecule is Cc1ccccc1CNC(=O)C1CCC(C(=O)Nc2c(C)cccc2C)CC1. The van der Waals surface area contributed by atoms with Crippen LogP contribution in [0.1, 0.15) is 47.9 Å². The fourth-order valence-electron chi connectivity index (χ4n) is 3.99. The molecule has 0 heterocycles. The number of benzene rings is 2. The van der Waals surface area contributed by atoms with Crippen LogP contribution in [0.15, 0.2) is 42.5 Å². The van der Waals surface area contributed by atoms with Gasteiger partial charge in [-0.2, -0.15) is 0 Å². The predicted octanol–water partition coefficient (Wildman–Crippen LogP) is 4.67. The largest absolute Gasteiger partial charge is 0.352 e. The van der Waals surface area contributed by atoms with Crippen molar-refractivity contribution < 1.29 is 9.59 Å². The minimum Gasteiger partial charge on any atom is -0.352 e. The van der Waals surface area contributed by atoms with Crippen LogP contribution in [0.3, 0.4) is 0 Å². The van der Waals surface area contributed by atoms with E-state index in [1.165, 1.54) is 5.56 Å². The first-order valence-electron chi connectivity index (χ1n) is 10.1. The van der Waals surface area contributed by atoms with Crippen LogP contribution in [0.5, 0.6) is 0 Å². The van der Waals surface area contributed by atoms with Gasteiger partial charge in [0.1, 0.15) is 0 Å². The lowest BCUT2D eigenvalue weighted by Crippen LogP contribution is -2.35. The molecule has 148 valence electrons. The normalized spacial score (nSPS) is 19.1. The quantitative estimate of drug-likeness (QED) is 0.794. The van der Waals surface area contributed by atoms with Gasteiger partial charge < -0.3 is 10.6 Å². The lowest BCUT2D eigenvalue weighted by Gasteiger charge is -2.27. The lowest BCUT2D eigenvalue weighted by atomic mass is 9.81. The van der Waals surface area contributed by atoms with E-state index in [0.29, 0.717) is 6.54 Å². The summed E-state index contributed by atoms with van der Waals surface area (Å²) in [7, 11) is 0.